The maximum atomic E-state index is 6.15. The van der Waals surface area contributed by atoms with E-state index in [-0.39, 0.29) is 0 Å². The number of hydrogen-bond donors (Lipinski definition) is 1. The van der Waals surface area contributed by atoms with Gasteiger partial charge in [-0.05, 0) is 74.2 Å². The van der Waals surface area contributed by atoms with Crippen molar-refractivity contribution in [3.8, 4) is 5.69 Å². The van der Waals surface area contributed by atoms with Crippen LogP contribution in [-0.2, 0) is 6.42 Å². The number of rotatable bonds is 1. The molecule has 2 N–H and O–H groups in total. The van der Waals surface area contributed by atoms with Crippen molar-refractivity contribution < 1.29 is 0 Å². The molecule has 3 aromatic carbocycles. The Kier molecular flexibility index (Phi) is 4.01. The van der Waals surface area contributed by atoms with Gasteiger partial charge in [-0.1, -0.05) is 29.8 Å². The highest BCUT2D eigenvalue weighted by Gasteiger charge is 2.22. The molecular weight excluding hydrogens is 485 g/mol. The third kappa shape index (κ3) is 2.74. The summed E-state index contributed by atoms with van der Waals surface area (Å²) in [5.74, 6) is 0. The summed E-state index contributed by atoms with van der Waals surface area (Å²) in [6.45, 7) is 4.34. The van der Waals surface area contributed by atoms with Crippen molar-refractivity contribution in [3.05, 3.63) is 81.9 Å². The van der Waals surface area contributed by atoms with Gasteiger partial charge in [0.15, 0.2) is 0 Å². The van der Waals surface area contributed by atoms with E-state index in [1.165, 1.54) is 77.9 Å². The van der Waals surface area contributed by atoms with Crippen molar-refractivity contribution in [2.75, 3.05) is 0 Å². The average molecular weight is 507 g/mol. The number of hydrogen-bond acceptors (Lipinski definition) is 4. The van der Waals surface area contributed by atoms with Crippen molar-refractivity contribution in [2.24, 2.45) is 5.73 Å². The molecule has 4 heterocycles. The Morgan fingerprint density at radius 1 is 0.714 bits per heavy atom. The minimum atomic E-state index is 0.971. The van der Waals surface area contributed by atoms with Crippen LogP contribution in [0.1, 0.15) is 28.0 Å². The van der Waals surface area contributed by atoms with Crippen LogP contribution in [0.5, 0.6) is 0 Å². The van der Waals surface area contributed by atoms with E-state index in [1.54, 1.807) is 0 Å². The number of aryl methyl sites for hydroxylation is 3. The molecule has 0 spiro atoms. The molecule has 4 aromatic heterocycles. The van der Waals surface area contributed by atoms with Crippen molar-refractivity contribution >= 4 is 90.8 Å². The van der Waals surface area contributed by atoms with E-state index in [2.05, 4.69) is 79.1 Å². The molecule has 0 saturated heterocycles. The van der Waals surface area contributed by atoms with Crippen LogP contribution in [0.25, 0.3) is 62.5 Å². The molecule has 0 saturated carbocycles. The van der Waals surface area contributed by atoms with E-state index in [0.29, 0.717) is 0 Å². The van der Waals surface area contributed by atoms with Crippen molar-refractivity contribution in [2.45, 2.75) is 26.7 Å². The molecule has 170 valence electrons. The molecule has 5 heteroatoms. The number of nitrogens with zero attached hydrogens (tertiary/aromatic N) is 1. The fourth-order valence-corrected chi connectivity index (χ4v) is 9.68. The summed E-state index contributed by atoms with van der Waals surface area (Å²) in [7, 11) is 0. The molecular formula is C30H22N2S3. The first-order valence-corrected chi connectivity index (χ1v) is 14.4. The second-order valence-electron chi connectivity index (χ2n) is 9.74. The highest BCUT2D eigenvalue weighted by Crippen LogP contribution is 2.49. The van der Waals surface area contributed by atoms with Gasteiger partial charge in [0.2, 0.25) is 0 Å². The van der Waals surface area contributed by atoms with E-state index >= 15 is 0 Å². The summed E-state index contributed by atoms with van der Waals surface area (Å²) >= 11 is 5.81. The van der Waals surface area contributed by atoms with Crippen LogP contribution < -0.4 is 5.73 Å². The minimum Gasteiger partial charge on any atom is -0.402 e. The first-order valence-electron chi connectivity index (χ1n) is 11.9. The molecule has 1 aliphatic carbocycles. The third-order valence-corrected chi connectivity index (χ3v) is 11.1. The molecule has 1 aliphatic rings. The van der Waals surface area contributed by atoms with E-state index < -0.39 is 0 Å². The van der Waals surface area contributed by atoms with Crippen LogP contribution in [-0.4, -0.2) is 4.57 Å². The van der Waals surface area contributed by atoms with Gasteiger partial charge in [-0.2, -0.15) is 0 Å². The zero-order valence-corrected chi connectivity index (χ0v) is 21.9. The maximum absolute atomic E-state index is 6.15. The van der Waals surface area contributed by atoms with E-state index in [1.807, 2.05) is 34.0 Å². The second kappa shape index (κ2) is 6.97. The third-order valence-electron chi connectivity index (χ3n) is 7.35. The molecule has 0 amide bonds. The minimum absolute atomic E-state index is 0.971. The Hall–Kier alpha value is -3.12. The summed E-state index contributed by atoms with van der Waals surface area (Å²) in [5.41, 5.74) is 15.1. The Labute approximate surface area is 214 Å². The van der Waals surface area contributed by atoms with Crippen molar-refractivity contribution in [1.29, 1.82) is 0 Å². The molecule has 0 radical (unpaired) electrons. The van der Waals surface area contributed by atoms with Crippen LogP contribution in [0.3, 0.4) is 0 Å². The molecule has 0 aliphatic heterocycles. The lowest BCUT2D eigenvalue weighted by atomic mass is 10.0. The van der Waals surface area contributed by atoms with Gasteiger partial charge in [0.25, 0.3) is 0 Å². The molecule has 0 atom stereocenters. The van der Waals surface area contributed by atoms with Gasteiger partial charge in [-0.25, -0.2) is 0 Å². The largest absolute Gasteiger partial charge is 0.402 e. The zero-order valence-electron chi connectivity index (χ0n) is 19.4. The van der Waals surface area contributed by atoms with E-state index in [0.717, 1.165) is 18.5 Å². The van der Waals surface area contributed by atoms with Gasteiger partial charge in [-0.15, -0.1) is 34.0 Å². The SMILES string of the molecule is Cc1ccc(-n2c3cc(C)ccc3c3sc4cc5c(cc4c32)sc2c3c(sc25)C=C(N)CC3)cc1. The number of aromatic nitrogens is 1. The normalized spacial score (nSPS) is 14.1. The van der Waals surface area contributed by atoms with Gasteiger partial charge in [-0.3, -0.25) is 0 Å². The topological polar surface area (TPSA) is 30.9 Å². The van der Waals surface area contributed by atoms with E-state index in [4.69, 9.17) is 5.73 Å². The van der Waals surface area contributed by atoms with Crippen LogP contribution in [0, 0.1) is 13.8 Å². The molecule has 7 aromatic rings. The molecule has 35 heavy (non-hydrogen) atoms. The summed E-state index contributed by atoms with van der Waals surface area (Å²) in [6, 6.07) is 20.7. The van der Waals surface area contributed by atoms with Gasteiger partial charge in [0, 0.05) is 41.8 Å². The molecule has 0 fully saturated rings. The molecule has 0 unspecified atom stereocenters. The van der Waals surface area contributed by atoms with Gasteiger partial charge in [0.05, 0.1) is 25.1 Å². The Bertz CT molecular complexity index is 2020. The van der Waals surface area contributed by atoms with Crippen molar-refractivity contribution in [1.82, 2.24) is 4.57 Å². The number of thiophene rings is 3. The second-order valence-corrected chi connectivity index (χ2v) is 12.9. The fourth-order valence-electron chi connectivity index (χ4n) is 5.60. The first kappa shape index (κ1) is 20.1. The maximum Gasteiger partial charge on any atom is 0.0728 e. The standard InChI is InChI=1S/C30H22N2S3/c1-15-3-7-18(8-4-15)32-23-11-16(2)5-9-19(23)28-27(32)21-13-26-22(14-25(21)33-28)30-29(35-26)20-10-6-17(31)12-24(20)34-30/h3-5,7-9,11-14H,6,10,31H2,1-2H3. The Morgan fingerprint density at radius 3 is 2.31 bits per heavy atom. The lowest BCUT2D eigenvalue weighted by Gasteiger charge is -2.09. The molecule has 2 nitrogen and oxygen atoms in total. The quantitative estimate of drug-likeness (QED) is 0.236. The number of allylic oxidation sites excluding steroid dienone is 1. The Balaban J connectivity index is 1.49. The monoisotopic (exact) mass is 506 g/mol. The fraction of sp³-hybridized carbons (Fsp3) is 0.133. The van der Waals surface area contributed by atoms with Crippen molar-refractivity contribution in [3.63, 3.8) is 0 Å². The lowest BCUT2D eigenvalue weighted by molar-refractivity contribution is 0.929. The zero-order chi connectivity index (χ0) is 23.4. The summed E-state index contributed by atoms with van der Waals surface area (Å²) < 4.78 is 9.51. The summed E-state index contributed by atoms with van der Waals surface area (Å²) in [5, 5.41) is 4.10. The number of fused-ring (bicyclic) bond motifs is 10. The predicted octanol–water partition coefficient (Wildman–Crippen LogP) is 9.29. The van der Waals surface area contributed by atoms with Gasteiger partial charge in [0.1, 0.15) is 0 Å². The van der Waals surface area contributed by atoms with Crippen LogP contribution in [0.2, 0.25) is 0 Å². The average Bonchev–Trinajstić information content (AvgIpc) is 3.55. The smallest absolute Gasteiger partial charge is 0.0728 e. The Morgan fingerprint density at radius 2 is 1.46 bits per heavy atom. The number of nitrogens with two attached hydrogens (primary N) is 1. The van der Waals surface area contributed by atoms with Crippen LogP contribution >= 0.6 is 34.0 Å². The highest BCUT2D eigenvalue weighted by molar-refractivity contribution is 7.33. The highest BCUT2D eigenvalue weighted by atomic mass is 32.1. The molecule has 8 rings (SSSR count). The van der Waals surface area contributed by atoms with Crippen LogP contribution in [0.4, 0.5) is 0 Å². The summed E-state index contributed by atoms with van der Waals surface area (Å²) in [4.78, 5) is 1.36. The first-order chi connectivity index (χ1) is 17.0. The lowest BCUT2D eigenvalue weighted by Crippen LogP contribution is -2.03. The summed E-state index contributed by atoms with van der Waals surface area (Å²) in [6.07, 6.45) is 4.22. The predicted molar refractivity (Wildman–Crippen MR) is 157 cm³/mol. The van der Waals surface area contributed by atoms with Gasteiger partial charge < -0.3 is 10.3 Å². The molecule has 0 bridgehead atoms. The van der Waals surface area contributed by atoms with E-state index in [9.17, 15) is 0 Å². The van der Waals surface area contributed by atoms with Gasteiger partial charge >= 0.3 is 0 Å². The van der Waals surface area contributed by atoms with Crippen LogP contribution in [0.15, 0.2) is 60.3 Å². The number of benzene rings is 3.